The molecule has 2 aromatic carbocycles. The number of rotatable bonds is 15. The van der Waals surface area contributed by atoms with Crippen LogP contribution in [0.2, 0.25) is 5.02 Å². The quantitative estimate of drug-likeness (QED) is 0.196. The minimum atomic E-state index is -3.84. The van der Waals surface area contributed by atoms with Gasteiger partial charge in [0.05, 0.1) is 29.1 Å². The third-order valence-electron chi connectivity index (χ3n) is 6.74. The van der Waals surface area contributed by atoms with Gasteiger partial charge in [0.2, 0.25) is 15.9 Å². The summed E-state index contributed by atoms with van der Waals surface area (Å²) in [5, 5.41) is 16.1. The Bertz CT molecular complexity index is 1370. The van der Waals surface area contributed by atoms with Crippen molar-refractivity contribution in [3.8, 4) is 0 Å². The summed E-state index contributed by atoms with van der Waals surface area (Å²) in [6.45, 7) is 6.16. The highest BCUT2D eigenvalue weighted by atomic mass is 35.5. The highest BCUT2D eigenvalue weighted by Crippen LogP contribution is 2.30. The van der Waals surface area contributed by atoms with Crippen molar-refractivity contribution >= 4 is 33.2 Å². The molecule has 0 saturated heterocycles. The van der Waals surface area contributed by atoms with Gasteiger partial charge in [0.1, 0.15) is 5.82 Å². The molecule has 1 amide bonds. The molecular formula is C30H38ClFN4O4S. The predicted octanol–water partition coefficient (Wildman–Crippen LogP) is 4.89. The fraction of sp³-hybridized carbons (Fsp3) is 0.400. The van der Waals surface area contributed by atoms with E-state index in [1.807, 2.05) is 26.0 Å². The van der Waals surface area contributed by atoms with Crippen LogP contribution in [0.3, 0.4) is 0 Å². The minimum Gasteiger partial charge on any atom is -0.392 e. The van der Waals surface area contributed by atoms with Gasteiger partial charge in [0.25, 0.3) is 0 Å². The first-order valence-electron chi connectivity index (χ1n) is 13.6. The van der Waals surface area contributed by atoms with E-state index in [1.54, 1.807) is 37.3 Å². The topological polar surface area (TPSA) is 120 Å². The molecule has 0 aliphatic heterocycles. The van der Waals surface area contributed by atoms with Gasteiger partial charge in [-0.25, -0.2) is 17.5 Å². The first-order valence-corrected chi connectivity index (χ1v) is 15.5. The molecular weight excluding hydrogens is 567 g/mol. The fourth-order valence-electron chi connectivity index (χ4n) is 4.55. The first-order chi connectivity index (χ1) is 19.5. The first kappa shape index (κ1) is 32.6. The number of aliphatic hydroxyl groups excluding tert-OH is 1. The van der Waals surface area contributed by atoms with Gasteiger partial charge in [0, 0.05) is 36.1 Å². The van der Waals surface area contributed by atoms with E-state index >= 15 is 0 Å². The smallest absolute Gasteiger partial charge is 0.240 e. The Morgan fingerprint density at radius 1 is 1.02 bits per heavy atom. The summed E-state index contributed by atoms with van der Waals surface area (Å²) in [4.78, 5) is 17.1. The number of hydrogen-bond donors (Lipinski definition) is 4. The number of aliphatic hydroxyl groups is 1. The van der Waals surface area contributed by atoms with Crippen LogP contribution in [0, 0.1) is 11.7 Å². The Balaban J connectivity index is 1.75. The van der Waals surface area contributed by atoms with Gasteiger partial charge >= 0.3 is 0 Å². The van der Waals surface area contributed by atoms with Crippen LogP contribution >= 0.6 is 11.6 Å². The number of hydrogen-bond acceptors (Lipinski definition) is 6. The molecule has 0 aliphatic rings. The summed E-state index contributed by atoms with van der Waals surface area (Å²) >= 11 is 6.03. The molecule has 4 N–H and O–H groups in total. The maximum atomic E-state index is 15.0. The molecule has 1 heterocycles. The largest absolute Gasteiger partial charge is 0.392 e. The second-order valence-corrected chi connectivity index (χ2v) is 12.6. The number of anilines is 1. The molecule has 3 rings (SSSR count). The Hall–Kier alpha value is -2.89. The summed E-state index contributed by atoms with van der Waals surface area (Å²) in [5.74, 6) is -0.789. The van der Waals surface area contributed by atoms with Crippen LogP contribution in [0.5, 0.6) is 0 Å². The monoisotopic (exact) mass is 604 g/mol. The van der Waals surface area contributed by atoms with Crippen LogP contribution in [-0.2, 0) is 21.2 Å². The van der Waals surface area contributed by atoms with Crippen LogP contribution in [0.4, 0.5) is 10.1 Å². The summed E-state index contributed by atoms with van der Waals surface area (Å²) in [6, 6.07) is 14.7. The lowest BCUT2D eigenvalue weighted by molar-refractivity contribution is -0.116. The molecule has 0 spiro atoms. The van der Waals surface area contributed by atoms with Crippen LogP contribution in [0.25, 0.3) is 0 Å². The van der Waals surface area contributed by atoms with Gasteiger partial charge in [-0.1, -0.05) is 55.8 Å². The van der Waals surface area contributed by atoms with Gasteiger partial charge in [-0.15, -0.1) is 0 Å². The molecule has 0 bridgehead atoms. The van der Waals surface area contributed by atoms with Gasteiger partial charge in [0.15, 0.2) is 0 Å². The highest BCUT2D eigenvalue weighted by molar-refractivity contribution is 7.89. The van der Waals surface area contributed by atoms with Crippen molar-refractivity contribution in [1.82, 2.24) is 15.0 Å². The molecule has 1 aromatic heterocycles. The zero-order chi connectivity index (χ0) is 30.0. The second-order valence-electron chi connectivity index (χ2n) is 10.5. The standard InChI is InChI=1S/C30H38ClFN4O4S/c1-20(2)27(22-9-11-23(31)12-10-22)15-30(38)35-29-19-34-18-28(32)26(29)14-13-24(17-33-16-21(3)37)36-41(39,40)25-7-5-4-6-8-25/h4-12,18-21,24,27,33,36-37H,13-17H2,1-3H3,(H,35,38)/t21-,24+,27?/m1/s1. The Morgan fingerprint density at radius 3 is 2.34 bits per heavy atom. The maximum absolute atomic E-state index is 15.0. The van der Waals surface area contributed by atoms with E-state index in [2.05, 4.69) is 20.3 Å². The Morgan fingerprint density at radius 2 is 1.71 bits per heavy atom. The number of aromatic nitrogens is 1. The van der Waals surface area contributed by atoms with Crippen molar-refractivity contribution in [2.75, 3.05) is 18.4 Å². The normalized spacial score (nSPS) is 14.0. The van der Waals surface area contributed by atoms with Gasteiger partial charge in [-0.05, 0) is 61.4 Å². The average molecular weight is 605 g/mol. The molecule has 222 valence electrons. The van der Waals surface area contributed by atoms with E-state index in [-0.39, 0.29) is 66.2 Å². The van der Waals surface area contributed by atoms with Crippen LogP contribution < -0.4 is 15.4 Å². The predicted molar refractivity (Wildman–Crippen MR) is 160 cm³/mol. The van der Waals surface area contributed by atoms with Crippen molar-refractivity contribution in [2.24, 2.45) is 5.92 Å². The average Bonchev–Trinajstić information content (AvgIpc) is 2.92. The van der Waals surface area contributed by atoms with E-state index in [0.717, 1.165) is 11.8 Å². The number of amides is 1. The number of carbonyl (C=O) groups is 1. The maximum Gasteiger partial charge on any atom is 0.240 e. The summed E-state index contributed by atoms with van der Waals surface area (Å²) in [7, 11) is -3.84. The highest BCUT2D eigenvalue weighted by Gasteiger charge is 2.23. The molecule has 1 unspecified atom stereocenters. The Kier molecular flexibility index (Phi) is 12.2. The van der Waals surface area contributed by atoms with Gasteiger partial charge in [-0.2, -0.15) is 0 Å². The van der Waals surface area contributed by atoms with E-state index in [0.29, 0.717) is 5.02 Å². The van der Waals surface area contributed by atoms with Gasteiger partial charge < -0.3 is 15.7 Å². The summed E-state index contributed by atoms with van der Waals surface area (Å²) in [5.41, 5.74) is 1.46. The number of sulfonamides is 1. The molecule has 0 saturated carbocycles. The van der Waals surface area contributed by atoms with E-state index in [4.69, 9.17) is 11.6 Å². The zero-order valence-electron chi connectivity index (χ0n) is 23.5. The van der Waals surface area contributed by atoms with Crippen LogP contribution in [0.15, 0.2) is 71.9 Å². The van der Waals surface area contributed by atoms with Crippen molar-refractivity contribution in [2.45, 2.75) is 63.0 Å². The fourth-order valence-corrected chi connectivity index (χ4v) is 5.97. The molecule has 41 heavy (non-hydrogen) atoms. The number of nitrogens with zero attached hydrogens (tertiary/aromatic N) is 1. The SMILES string of the molecule is CC(C)C(CC(=O)Nc1cncc(F)c1CC[C@@H](CNC[C@@H](C)O)NS(=O)(=O)c1ccccc1)c1ccc(Cl)cc1. The molecule has 8 nitrogen and oxygen atoms in total. The van der Waals surface area contributed by atoms with Crippen molar-refractivity contribution in [3.63, 3.8) is 0 Å². The lowest BCUT2D eigenvalue weighted by Gasteiger charge is -2.22. The third kappa shape index (κ3) is 10.2. The number of benzene rings is 2. The van der Waals surface area contributed by atoms with Crippen molar-refractivity contribution in [3.05, 3.63) is 89.0 Å². The summed E-state index contributed by atoms with van der Waals surface area (Å²) in [6.07, 6.45) is 2.39. The second kappa shape index (κ2) is 15.4. The molecule has 0 fully saturated rings. The third-order valence-corrected chi connectivity index (χ3v) is 8.52. The molecule has 3 aromatic rings. The minimum absolute atomic E-state index is 0.0750. The molecule has 3 atom stereocenters. The van der Waals surface area contributed by atoms with Gasteiger partial charge in [-0.3, -0.25) is 9.78 Å². The van der Waals surface area contributed by atoms with E-state index in [9.17, 15) is 22.7 Å². The van der Waals surface area contributed by atoms with Crippen LogP contribution in [0.1, 0.15) is 50.7 Å². The summed E-state index contributed by atoms with van der Waals surface area (Å²) < 4.78 is 43.7. The van der Waals surface area contributed by atoms with Crippen LogP contribution in [-0.4, -0.2) is 49.7 Å². The number of halogens is 2. The number of nitrogens with one attached hydrogen (secondary N) is 3. The van der Waals surface area contributed by atoms with Crippen molar-refractivity contribution < 1.29 is 22.7 Å². The molecule has 0 radical (unpaired) electrons. The lowest BCUT2D eigenvalue weighted by Crippen LogP contribution is -2.43. The van der Waals surface area contributed by atoms with Crippen molar-refractivity contribution in [1.29, 1.82) is 0 Å². The van der Waals surface area contributed by atoms with E-state index < -0.39 is 28.0 Å². The zero-order valence-corrected chi connectivity index (χ0v) is 25.1. The lowest BCUT2D eigenvalue weighted by atomic mass is 9.85. The van der Waals surface area contributed by atoms with E-state index in [1.165, 1.54) is 18.3 Å². The molecule has 11 heteroatoms. The number of pyridine rings is 1. The number of carbonyl (C=O) groups excluding carboxylic acids is 1. The Labute approximate surface area is 246 Å². The molecule has 0 aliphatic carbocycles.